The van der Waals surface area contributed by atoms with Gasteiger partial charge in [0.1, 0.15) is 0 Å². The molecule has 2 atom stereocenters. The first-order valence-electron chi connectivity index (χ1n) is 6.00. The van der Waals surface area contributed by atoms with Gasteiger partial charge in [-0.2, -0.15) is 10.4 Å². The SMILES string of the molecule is Cc1nn(CCC#N)c2c1[C@H]1[C@H](C2)C1(C)C. The molecule has 0 saturated heterocycles. The van der Waals surface area contributed by atoms with Gasteiger partial charge in [0.15, 0.2) is 0 Å². The zero-order valence-electron chi connectivity index (χ0n) is 10.1. The second-order valence-electron chi connectivity index (χ2n) is 5.69. The normalized spacial score (nSPS) is 28.4. The quantitative estimate of drug-likeness (QED) is 0.760. The van der Waals surface area contributed by atoms with E-state index in [9.17, 15) is 0 Å². The number of hydrogen-bond acceptors (Lipinski definition) is 2. The molecule has 1 aromatic rings. The Bertz CT molecular complexity index is 490. The molecule has 1 fully saturated rings. The van der Waals surface area contributed by atoms with Crippen molar-refractivity contribution in [2.45, 2.75) is 46.1 Å². The predicted molar refractivity (Wildman–Crippen MR) is 60.9 cm³/mol. The van der Waals surface area contributed by atoms with Crippen molar-refractivity contribution in [2.24, 2.45) is 11.3 Å². The summed E-state index contributed by atoms with van der Waals surface area (Å²) in [5.41, 5.74) is 4.57. The summed E-state index contributed by atoms with van der Waals surface area (Å²) in [7, 11) is 0. The number of fused-ring (bicyclic) bond motifs is 3. The number of aromatic nitrogens is 2. The van der Waals surface area contributed by atoms with Gasteiger partial charge >= 0.3 is 0 Å². The summed E-state index contributed by atoms with van der Waals surface area (Å²) in [5, 5.41) is 13.2. The second-order valence-corrected chi connectivity index (χ2v) is 5.69. The first kappa shape index (κ1) is 9.89. The molecule has 0 aliphatic heterocycles. The van der Waals surface area contributed by atoms with Gasteiger partial charge in [-0.15, -0.1) is 0 Å². The third-order valence-corrected chi connectivity index (χ3v) is 4.49. The fourth-order valence-corrected chi connectivity index (χ4v) is 3.51. The smallest absolute Gasteiger partial charge is 0.0641 e. The first-order chi connectivity index (χ1) is 7.57. The lowest BCUT2D eigenvalue weighted by molar-refractivity contribution is 0.514. The van der Waals surface area contributed by atoms with Crippen molar-refractivity contribution in [3.63, 3.8) is 0 Å². The summed E-state index contributed by atoms with van der Waals surface area (Å²) in [5.74, 6) is 1.56. The Balaban J connectivity index is 1.96. The fraction of sp³-hybridized carbons (Fsp3) is 0.692. The molecule has 3 rings (SSSR count). The molecule has 3 nitrogen and oxygen atoms in total. The van der Waals surface area contributed by atoms with E-state index in [1.54, 1.807) is 0 Å². The van der Waals surface area contributed by atoms with Gasteiger partial charge in [0.05, 0.1) is 24.7 Å². The summed E-state index contributed by atoms with van der Waals surface area (Å²) in [6, 6.07) is 2.19. The van der Waals surface area contributed by atoms with Crippen LogP contribution >= 0.6 is 0 Å². The summed E-state index contributed by atoms with van der Waals surface area (Å²) >= 11 is 0. The van der Waals surface area contributed by atoms with Gasteiger partial charge < -0.3 is 0 Å². The Morgan fingerprint density at radius 2 is 2.31 bits per heavy atom. The van der Waals surface area contributed by atoms with Crippen molar-refractivity contribution >= 4 is 0 Å². The van der Waals surface area contributed by atoms with Crippen LogP contribution in [0.1, 0.15) is 43.1 Å². The third-order valence-electron chi connectivity index (χ3n) is 4.49. The van der Waals surface area contributed by atoms with E-state index in [1.807, 2.05) is 0 Å². The molecule has 2 aliphatic carbocycles. The minimum atomic E-state index is 0.487. The topological polar surface area (TPSA) is 41.6 Å². The van der Waals surface area contributed by atoms with Gasteiger partial charge in [-0.3, -0.25) is 4.68 Å². The monoisotopic (exact) mass is 215 g/mol. The van der Waals surface area contributed by atoms with Crippen LogP contribution in [-0.4, -0.2) is 9.78 Å². The predicted octanol–water partition coefficient (Wildman–Crippen LogP) is 2.40. The zero-order valence-corrected chi connectivity index (χ0v) is 10.1. The van der Waals surface area contributed by atoms with E-state index in [-0.39, 0.29) is 0 Å². The second kappa shape index (κ2) is 2.88. The maximum Gasteiger partial charge on any atom is 0.0641 e. The van der Waals surface area contributed by atoms with E-state index < -0.39 is 0 Å². The van der Waals surface area contributed by atoms with Crippen LogP contribution in [0.25, 0.3) is 0 Å². The molecule has 84 valence electrons. The highest BCUT2D eigenvalue weighted by Gasteiger charge is 2.63. The van der Waals surface area contributed by atoms with E-state index in [0.29, 0.717) is 11.8 Å². The van der Waals surface area contributed by atoms with Gasteiger partial charge in [0, 0.05) is 11.3 Å². The van der Waals surface area contributed by atoms with Gasteiger partial charge in [0.2, 0.25) is 0 Å². The average Bonchev–Trinajstić information content (AvgIpc) is 2.62. The van der Waals surface area contributed by atoms with Crippen molar-refractivity contribution in [1.82, 2.24) is 9.78 Å². The molecule has 1 aromatic heterocycles. The number of hydrogen-bond donors (Lipinski definition) is 0. The van der Waals surface area contributed by atoms with Gasteiger partial charge in [0.25, 0.3) is 0 Å². The van der Waals surface area contributed by atoms with Gasteiger partial charge in [-0.05, 0) is 30.6 Å². The van der Waals surface area contributed by atoms with Gasteiger partial charge in [-0.25, -0.2) is 0 Å². The Morgan fingerprint density at radius 3 is 3.00 bits per heavy atom. The molecular formula is C13H17N3. The first-order valence-corrected chi connectivity index (χ1v) is 6.00. The van der Waals surface area contributed by atoms with E-state index in [2.05, 4.69) is 36.6 Å². The number of nitriles is 1. The van der Waals surface area contributed by atoms with Crippen molar-refractivity contribution in [1.29, 1.82) is 5.26 Å². The molecule has 3 heteroatoms. The summed E-state index contributed by atoms with van der Waals surface area (Å²) in [6.07, 6.45) is 1.73. The van der Waals surface area contributed by atoms with E-state index in [0.717, 1.165) is 18.4 Å². The van der Waals surface area contributed by atoms with Crippen LogP contribution in [0.3, 0.4) is 0 Å². The summed E-state index contributed by atoms with van der Waals surface area (Å²) in [6.45, 7) is 7.58. The molecule has 0 radical (unpaired) electrons. The maximum atomic E-state index is 8.64. The van der Waals surface area contributed by atoms with Crippen LogP contribution in [0.2, 0.25) is 0 Å². The molecular weight excluding hydrogens is 198 g/mol. The Hall–Kier alpha value is -1.30. The van der Waals surface area contributed by atoms with E-state index >= 15 is 0 Å². The minimum absolute atomic E-state index is 0.487. The Morgan fingerprint density at radius 1 is 1.56 bits per heavy atom. The Labute approximate surface area is 96.1 Å². The van der Waals surface area contributed by atoms with Crippen molar-refractivity contribution in [3.05, 3.63) is 17.0 Å². The van der Waals surface area contributed by atoms with Crippen LogP contribution in [0.5, 0.6) is 0 Å². The lowest BCUT2D eigenvalue weighted by Crippen LogP contribution is -2.07. The maximum absolute atomic E-state index is 8.64. The number of aryl methyl sites for hydroxylation is 2. The molecule has 1 saturated carbocycles. The van der Waals surface area contributed by atoms with Crippen LogP contribution < -0.4 is 0 Å². The van der Waals surface area contributed by atoms with Crippen LogP contribution in [0, 0.1) is 29.6 Å². The Kier molecular flexibility index (Phi) is 1.78. The van der Waals surface area contributed by atoms with Crippen LogP contribution in [0.15, 0.2) is 0 Å². The molecule has 0 amide bonds. The van der Waals surface area contributed by atoms with Gasteiger partial charge in [-0.1, -0.05) is 13.8 Å². The lowest BCUT2D eigenvalue weighted by Gasteiger charge is -2.09. The fourth-order valence-electron chi connectivity index (χ4n) is 3.51. The average molecular weight is 215 g/mol. The van der Waals surface area contributed by atoms with E-state index in [4.69, 9.17) is 5.26 Å². The molecule has 16 heavy (non-hydrogen) atoms. The molecule has 2 aliphatic rings. The minimum Gasteiger partial charge on any atom is -0.268 e. The largest absolute Gasteiger partial charge is 0.268 e. The third kappa shape index (κ3) is 1.05. The molecule has 0 N–H and O–H groups in total. The lowest BCUT2D eigenvalue weighted by atomic mass is 9.98. The van der Waals surface area contributed by atoms with E-state index in [1.165, 1.54) is 23.4 Å². The highest BCUT2D eigenvalue weighted by Crippen LogP contribution is 2.70. The highest BCUT2D eigenvalue weighted by molar-refractivity contribution is 5.45. The molecule has 0 unspecified atom stereocenters. The van der Waals surface area contributed by atoms with Crippen molar-refractivity contribution in [2.75, 3.05) is 0 Å². The summed E-state index contributed by atoms with van der Waals surface area (Å²) < 4.78 is 2.07. The standard InChI is InChI=1S/C13H17N3/c1-8-11-10(16(15-8)6-4-5-14)7-9-12(11)13(9,2)3/h9,12H,4,6-7H2,1-3H3/t9-,12+/m0/s1. The molecule has 1 heterocycles. The van der Waals surface area contributed by atoms with Crippen molar-refractivity contribution < 1.29 is 0 Å². The number of rotatable bonds is 2. The number of nitrogens with zero attached hydrogens (tertiary/aromatic N) is 3. The molecule has 0 bridgehead atoms. The van der Waals surface area contributed by atoms with Crippen LogP contribution in [0.4, 0.5) is 0 Å². The highest BCUT2D eigenvalue weighted by atomic mass is 15.3. The zero-order chi connectivity index (χ0) is 11.5. The molecule has 0 aromatic carbocycles. The van der Waals surface area contributed by atoms with Crippen molar-refractivity contribution in [3.8, 4) is 6.07 Å². The van der Waals surface area contributed by atoms with Crippen LogP contribution in [-0.2, 0) is 13.0 Å². The summed E-state index contributed by atoms with van der Waals surface area (Å²) in [4.78, 5) is 0. The molecule has 0 spiro atoms.